The van der Waals surface area contributed by atoms with Gasteiger partial charge in [-0.3, -0.25) is 0 Å². The van der Waals surface area contributed by atoms with E-state index < -0.39 is 0 Å². The summed E-state index contributed by atoms with van der Waals surface area (Å²) in [4.78, 5) is 4.28. The quantitative estimate of drug-likeness (QED) is 0.815. The van der Waals surface area contributed by atoms with Crippen LogP contribution in [0.3, 0.4) is 0 Å². The molecule has 1 aromatic rings. The van der Waals surface area contributed by atoms with Gasteiger partial charge < -0.3 is 5.32 Å². The van der Waals surface area contributed by atoms with E-state index >= 15 is 0 Å². The lowest BCUT2D eigenvalue weighted by atomic mass is 9.82. The van der Waals surface area contributed by atoms with Crippen LogP contribution in [0.5, 0.6) is 0 Å². The van der Waals surface area contributed by atoms with Crippen molar-refractivity contribution in [1.82, 2.24) is 4.98 Å². The molecule has 2 heteroatoms. The molecule has 0 unspecified atom stereocenters. The van der Waals surface area contributed by atoms with Gasteiger partial charge in [0.2, 0.25) is 0 Å². The Kier molecular flexibility index (Phi) is 3.38. The fraction of sp³-hybridized carbons (Fsp3) is 0.615. The van der Waals surface area contributed by atoms with Crippen molar-refractivity contribution in [3.8, 4) is 0 Å². The van der Waals surface area contributed by atoms with Gasteiger partial charge in [0.1, 0.15) is 5.82 Å². The number of hydrogen-bond acceptors (Lipinski definition) is 2. The normalized spacial score (nSPS) is 12.6. The fourth-order valence-corrected chi connectivity index (χ4v) is 2.15. The smallest absolute Gasteiger partial charge is 0.126 e. The van der Waals surface area contributed by atoms with Crippen LogP contribution in [-0.4, -0.2) is 10.5 Å². The van der Waals surface area contributed by atoms with Gasteiger partial charge in [-0.25, -0.2) is 4.98 Å². The third-order valence-corrected chi connectivity index (χ3v) is 2.10. The van der Waals surface area contributed by atoms with Crippen LogP contribution in [0.15, 0.2) is 24.4 Å². The van der Waals surface area contributed by atoms with Crippen molar-refractivity contribution in [2.45, 2.75) is 46.6 Å². The highest BCUT2D eigenvalue weighted by atomic mass is 15.0. The Morgan fingerprint density at radius 2 is 1.80 bits per heavy atom. The van der Waals surface area contributed by atoms with E-state index in [0.717, 1.165) is 12.2 Å². The van der Waals surface area contributed by atoms with Gasteiger partial charge in [0.15, 0.2) is 0 Å². The first-order valence-corrected chi connectivity index (χ1v) is 5.48. The van der Waals surface area contributed by atoms with Crippen molar-refractivity contribution in [2.24, 2.45) is 5.41 Å². The second-order valence-electron chi connectivity index (χ2n) is 5.96. The molecule has 0 aliphatic heterocycles. The average molecular weight is 206 g/mol. The summed E-state index contributed by atoms with van der Waals surface area (Å²) < 4.78 is 0. The van der Waals surface area contributed by atoms with Gasteiger partial charge in [-0.2, -0.15) is 0 Å². The second kappa shape index (κ2) is 4.21. The third-order valence-electron chi connectivity index (χ3n) is 2.10. The van der Waals surface area contributed by atoms with E-state index in [-0.39, 0.29) is 5.54 Å². The minimum Gasteiger partial charge on any atom is -0.365 e. The fourth-order valence-electron chi connectivity index (χ4n) is 2.15. The highest BCUT2D eigenvalue weighted by molar-refractivity contribution is 5.36. The van der Waals surface area contributed by atoms with E-state index in [1.807, 2.05) is 24.4 Å². The van der Waals surface area contributed by atoms with Crippen LogP contribution >= 0.6 is 0 Å². The summed E-state index contributed by atoms with van der Waals surface area (Å²) in [7, 11) is 0. The summed E-state index contributed by atoms with van der Waals surface area (Å²) in [6.07, 6.45) is 2.92. The zero-order valence-corrected chi connectivity index (χ0v) is 10.5. The molecule has 1 N–H and O–H groups in total. The second-order valence-corrected chi connectivity index (χ2v) is 5.96. The summed E-state index contributed by atoms with van der Waals surface area (Å²) >= 11 is 0. The molecule has 84 valence electrons. The Hall–Kier alpha value is -1.05. The van der Waals surface area contributed by atoms with Crippen LogP contribution in [0, 0.1) is 5.41 Å². The maximum Gasteiger partial charge on any atom is 0.126 e. The zero-order valence-electron chi connectivity index (χ0n) is 10.5. The predicted molar refractivity (Wildman–Crippen MR) is 66.0 cm³/mol. The maximum absolute atomic E-state index is 4.28. The van der Waals surface area contributed by atoms with Crippen LogP contribution in [0.1, 0.15) is 41.0 Å². The Labute approximate surface area is 93.1 Å². The molecule has 0 radical (unpaired) electrons. The molecule has 15 heavy (non-hydrogen) atoms. The Balaban J connectivity index is 2.65. The molecule has 0 aliphatic carbocycles. The first-order chi connectivity index (χ1) is 6.79. The number of anilines is 1. The molecule has 0 fully saturated rings. The zero-order chi connectivity index (χ0) is 11.5. The van der Waals surface area contributed by atoms with Crippen LogP contribution in [0.2, 0.25) is 0 Å². The van der Waals surface area contributed by atoms with Crippen molar-refractivity contribution >= 4 is 5.82 Å². The molecule has 1 heterocycles. The predicted octanol–water partition coefficient (Wildman–Crippen LogP) is 3.71. The Morgan fingerprint density at radius 1 is 1.13 bits per heavy atom. The number of nitrogens with zero attached hydrogens (tertiary/aromatic N) is 1. The summed E-state index contributed by atoms with van der Waals surface area (Å²) in [5, 5.41) is 3.46. The lowest BCUT2D eigenvalue weighted by Crippen LogP contribution is -2.35. The highest BCUT2D eigenvalue weighted by Gasteiger charge is 2.25. The molecule has 0 saturated carbocycles. The van der Waals surface area contributed by atoms with Gasteiger partial charge in [-0.15, -0.1) is 0 Å². The van der Waals surface area contributed by atoms with Gasteiger partial charge in [-0.05, 0) is 37.8 Å². The van der Waals surface area contributed by atoms with Crippen LogP contribution < -0.4 is 5.32 Å². The van der Waals surface area contributed by atoms with Gasteiger partial charge >= 0.3 is 0 Å². The van der Waals surface area contributed by atoms with Crippen LogP contribution in [-0.2, 0) is 0 Å². The average Bonchev–Trinajstić information content (AvgIpc) is 1.99. The minimum absolute atomic E-state index is 0.0760. The van der Waals surface area contributed by atoms with E-state index in [1.165, 1.54) is 0 Å². The molecule has 0 atom stereocenters. The van der Waals surface area contributed by atoms with Crippen LogP contribution in [0.25, 0.3) is 0 Å². The summed E-state index contributed by atoms with van der Waals surface area (Å²) in [6.45, 7) is 11.2. The van der Waals surface area contributed by atoms with Gasteiger partial charge in [0.25, 0.3) is 0 Å². The summed E-state index contributed by atoms with van der Waals surface area (Å²) in [6, 6.07) is 5.94. The third kappa shape index (κ3) is 4.82. The van der Waals surface area contributed by atoms with Gasteiger partial charge in [0, 0.05) is 11.7 Å². The Morgan fingerprint density at radius 3 is 2.27 bits per heavy atom. The lowest BCUT2D eigenvalue weighted by molar-refractivity contribution is 0.302. The van der Waals surface area contributed by atoms with Gasteiger partial charge in [-0.1, -0.05) is 26.8 Å². The maximum atomic E-state index is 4.28. The lowest BCUT2D eigenvalue weighted by Gasteiger charge is -2.33. The van der Waals surface area contributed by atoms with Crippen molar-refractivity contribution < 1.29 is 0 Å². The molecule has 1 aromatic heterocycles. The van der Waals surface area contributed by atoms with E-state index in [1.54, 1.807) is 0 Å². The van der Waals surface area contributed by atoms with Crippen molar-refractivity contribution in [2.75, 3.05) is 5.32 Å². The molecule has 0 spiro atoms. The van der Waals surface area contributed by atoms with Crippen molar-refractivity contribution in [3.63, 3.8) is 0 Å². The number of aromatic nitrogens is 1. The molecule has 0 saturated heterocycles. The topological polar surface area (TPSA) is 24.9 Å². The van der Waals surface area contributed by atoms with Crippen molar-refractivity contribution in [3.05, 3.63) is 24.4 Å². The molecular weight excluding hydrogens is 184 g/mol. The molecule has 0 aliphatic rings. The molecule has 0 amide bonds. The highest BCUT2D eigenvalue weighted by Crippen LogP contribution is 2.28. The summed E-state index contributed by atoms with van der Waals surface area (Å²) in [5.41, 5.74) is 0.401. The largest absolute Gasteiger partial charge is 0.365 e. The summed E-state index contributed by atoms with van der Waals surface area (Å²) in [5.74, 6) is 0.951. The first-order valence-electron chi connectivity index (χ1n) is 5.48. The van der Waals surface area contributed by atoms with E-state index in [4.69, 9.17) is 0 Å². The van der Waals surface area contributed by atoms with Crippen molar-refractivity contribution in [1.29, 1.82) is 0 Å². The Bertz CT molecular complexity index is 296. The number of pyridine rings is 1. The molecule has 0 aromatic carbocycles. The molecule has 2 nitrogen and oxygen atoms in total. The monoisotopic (exact) mass is 206 g/mol. The molecule has 0 bridgehead atoms. The van der Waals surface area contributed by atoms with E-state index in [9.17, 15) is 0 Å². The SMILES string of the molecule is CC(C)(C)CC(C)(C)Nc1ccccn1. The van der Waals surface area contributed by atoms with E-state index in [2.05, 4.69) is 44.9 Å². The molecule has 1 rings (SSSR count). The number of rotatable bonds is 3. The first kappa shape index (κ1) is 12.0. The standard InChI is InChI=1S/C13H22N2/c1-12(2,3)10-13(4,5)15-11-8-6-7-9-14-11/h6-9H,10H2,1-5H3,(H,14,15). The van der Waals surface area contributed by atoms with Crippen LogP contribution in [0.4, 0.5) is 5.82 Å². The van der Waals surface area contributed by atoms with E-state index in [0.29, 0.717) is 5.41 Å². The minimum atomic E-state index is 0.0760. The number of hydrogen-bond donors (Lipinski definition) is 1. The van der Waals surface area contributed by atoms with Gasteiger partial charge in [0.05, 0.1) is 0 Å². The molecular formula is C13H22N2. The number of nitrogens with one attached hydrogen (secondary N) is 1.